The highest BCUT2D eigenvalue weighted by Crippen LogP contribution is 2.32. The molecule has 0 aromatic carbocycles. The number of nitrogens with zero attached hydrogens (tertiary/aromatic N) is 1. The van der Waals surface area contributed by atoms with E-state index >= 15 is 0 Å². The Bertz CT molecular complexity index is 241. The van der Waals surface area contributed by atoms with Crippen LogP contribution in [0.3, 0.4) is 0 Å². The maximum atomic E-state index is 3.70. The minimum Gasteiger partial charge on any atom is -0.314 e. The summed E-state index contributed by atoms with van der Waals surface area (Å²) in [6.07, 6.45) is 8.37. The van der Waals surface area contributed by atoms with Gasteiger partial charge in [-0.3, -0.25) is 0 Å². The van der Waals surface area contributed by atoms with Crippen LogP contribution in [0.15, 0.2) is 0 Å². The molecule has 1 heterocycles. The lowest BCUT2D eigenvalue weighted by molar-refractivity contribution is 0.116. The number of nitrogens with one attached hydrogen (secondary N) is 1. The molecule has 2 heteroatoms. The molecular weight excluding hydrogens is 220 g/mol. The molecule has 2 rings (SSSR count). The van der Waals surface area contributed by atoms with Crippen LogP contribution < -0.4 is 5.32 Å². The van der Waals surface area contributed by atoms with Gasteiger partial charge in [-0.1, -0.05) is 20.3 Å². The van der Waals surface area contributed by atoms with Crippen molar-refractivity contribution in [3.05, 3.63) is 0 Å². The summed E-state index contributed by atoms with van der Waals surface area (Å²) in [5.41, 5.74) is 0. The molecule has 0 radical (unpaired) electrons. The Morgan fingerprint density at radius 1 is 1.11 bits per heavy atom. The second-order valence-electron chi connectivity index (χ2n) is 6.80. The zero-order valence-electron chi connectivity index (χ0n) is 12.6. The molecule has 1 saturated heterocycles. The highest BCUT2D eigenvalue weighted by atomic mass is 15.2. The van der Waals surface area contributed by atoms with Crippen molar-refractivity contribution in [2.75, 3.05) is 19.6 Å². The first-order valence-corrected chi connectivity index (χ1v) is 8.16. The lowest BCUT2D eigenvalue weighted by Gasteiger charge is -2.39. The second-order valence-corrected chi connectivity index (χ2v) is 6.80. The molecule has 0 aromatic heterocycles. The summed E-state index contributed by atoms with van der Waals surface area (Å²) in [6, 6.07) is 1.56. The first kappa shape index (κ1) is 14.3. The number of hydrogen-bond donors (Lipinski definition) is 1. The summed E-state index contributed by atoms with van der Waals surface area (Å²) in [7, 11) is 0. The fourth-order valence-corrected chi connectivity index (χ4v) is 3.85. The molecule has 2 fully saturated rings. The molecule has 1 saturated carbocycles. The van der Waals surface area contributed by atoms with Crippen LogP contribution in [0.4, 0.5) is 0 Å². The van der Waals surface area contributed by atoms with E-state index in [-0.39, 0.29) is 0 Å². The molecule has 4 atom stereocenters. The molecule has 4 unspecified atom stereocenters. The van der Waals surface area contributed by atoms with Gasteiger partial charge in [-0.05, 0) is 64.0 Å². The number of rotatable bonds is 5. The van der Waals surface area contributed by atoms with E-state index in [0.29, 0.717) is 0 Å². The summed E-state index contributed by atoms with van der Waals surface area (Å²) in [5, 5.41) is 3.70. The minimum atomic E-state index is 0.777. The average Bonchev–Trinajstić information content (AvgIpc) is 2.75. The largest absolute Gasteiger partial charge is 0.314 e. The van der Waals surface area contributed by atoms with Gasteiger partial charge in [0.2, 0.25) is 0 Å². The van der Waals surface area contributed by atoms with E-state index < -0.39 is 0 Å². The summed E-state index contributed by atoms with van der Waals surface area (Å²) in [5.74, 6) is 1.97. The SMILES string of the molecule is CCCNC1CCN(CC2CCC(C)C2)C(C)C1. The lowest BCUT2D eigenvalue weighted by Crippen LogP contribution is -2.48. The molecule has 0 spiro atoms. The second kappa shape index (κ2) is 6.91. The van der Waals surface area contributed by atoms with Crippen molar-refractivity contribution >= 4 is 0 Å². The van der Waals surface area contributed by atoms with Gasteiger partial charge in [0.25, 0.3) is 0 Å². The molecule has 1 N–H and O–H groups in total. The van der Waals surface area contributed by atoms with E-state index in [1.165, 1.54) is 58.2 Å². The van der Waals surface area contributed by atoms with Crippen LogP contribution in [-0.4, -0.2) is 36.6 Å². The van der Waals surface area contributed by atoms with E-state index in [1.807, 2.05) is 0 Å². The van der Waals surface area contributed by atoms with E-state index in [2.05, 4.69) is 31.0 Å². The Morgan fingerprint density at radius 2 is 1.94 bits per heavy atom. The van der Waals surface area contributed by atoms with Crippen LogP contribution in [-0.2, 0) is 0 Å². The Balaban J connectivity index is 1.72. The first-order chi connectivity index (χ1) is 8.69. The van der Waals surface area contributed by atoms with E-state index in [9.17, 15) is 0 Å². The first-order valence-electron chi connectivity index (χ1n) is 8.16. The molecular formula is C16H32N2. The number of likely N-dealkylation sites (tertiary alicyclic amines) is 1. The molecule has 0 aromatic rings. The normalized spacial score (nSPS) is 38.2. The van der Waals surface area contributed by atoms with Gasteiger partial charge < -0.3 is 10.2 Å². The van der Waals surface area contributed by atoms with Crippen LogP contribution in [0.2, 0.25) is 0 Å². The fourth-order valence-electron chi connectivity index (χ4n) is 3.85. The standard InChI is InChI=1S/C16H32N2/c1-4-8-17-16-7-9-18(14(3)11-16)12-15-6-5-13(2)10-15/h13-17H,4-12H2,1-3H3. The Hall–Kier alpha value is -0.0800. The topological polar surface area (TPSA) is 15.3 Å². The van der Waals surface area contributed by atoms with Crippen LogP contribution >= 0.6 is 0 Å². The number of piperidine rings is 1. The lowest BCUT2D eigenvalue weighted by atomic mass is 9.96. The van der Waals surface area contributed by atoms with Crippen molar-refractivity contribution in [1.82, 2.24) is 10.2 Å². The Labute approximate surface area is 114 Å². The van der Waals surface area contributed by atoms with Crippen LogP contribution in [0.1, 0.15) is 59.3 Å². The molecule has 2 nitrogen and oxygen atoms in total. The van der Waals surface area contributed by atoms with E-state index in [0.717, 1.165) is 23.9 Å². The van der Waals surface area contributed by atoms with E-state index in [1.54, 1.807) is 0 Å². The Kier molecular flexibility index (Phi) is 5.50. The Morgan fingerprint density at radius 3 is 2.56 bits per heavy atom. The molecule has 0 bridgehead atoms. The summed E-state index contributed by atoms with van der Waals surface area (Å²) in [6.45, 7) is 11.0. The molecule has 1 aliphatic heterocycles. The third-order valence-electron chi connectivity index (χ3n) is 4.99. The van der Waals surface area contributed by atoms with Crippen molar-refractivity contribution in [1.29, 1.82) is 0 Å². The molecule has 106 valence electrons. The monoisotopic (exact) mass is 252 g/mol. The van der Waals surface area contributed by atoms with Crippen molar-refractivity contribution in [3.8, 4) is 0 Å². The predicted octanol–water partition coefficient (Wildman–Crippen LogP) is 3.28. The average molecular weight is 252 g/mol. The van der Waals surface area contributed by atoms with Gasteiger partial charge in [-0.2, -0.15) is 0 Å². The van der Waals surface area contributed by atoms with Crippen LogP contribution in [0.25, 0.3) is 0 Å². The maximum Gasteiger partial charge on any atom is 0.00940 e. The molecule has 0 amide bonds. The van der Waals surface area contributed by atoms with Gasteiger partial charge in [0.1, 0.15) is 0 Å². The maximum absolute atomic E-state index is 3.70. The fraction of sp³-hybridized carbons (Fsp3) is 1.00. The van der Waals surface area contributed by atoms with E-state index in [4.69, 9.17) is 0 Å². The smallest absolute Gasteiger partial charge is 0.00940 e. The minimum absolute atomic E-state index is 0.777. The third-order valence-corrected chi connectivity index (χ3v) is 4.99. The van der Waals surface area contributed by atoms with Gasteiger partial charge in [0.15, 0.2) is 0 Å². The number of hydrogen-bond acceptors (Lipinski definition) is 2. The van der Waals surface area contributed by atoms with Crippen LogP contribution in [0, 0.1) is 11.8 Å². The molecule has 1 aliphatic carbocycles. The van der Waals surface area contributed by atoms with Gasteiger partial charge in [0, 0.05) is 18.6 Å². The van der Waals surface area contributed by atoms with Gasteiger partial charge >= 0.3 is 0 Å². The zero-order chi connectivity index (χ0) is 13.0. The van der Waals surface area contributed by atoms with Crippen LogP contribution in [0.5, 0.6) is 0 Å². The highest BCUT2D eigenvalue weighted by molar-refractivity contribution is 4.85. The summed E-state index contributed by atoms with van der Waals surface area (Å²) in [4.78, 5) is 2.76. The summed E-state index contributed by atoms with van der Waals surface area (Å²) < 4.78 is 0. The van der Waals surface area contributed by atoms with Gasteiger partial charge in [-0.15, -0.1) is 0 Å². The quantitative estimate of drug-likeness (QED) is 0.808. The predicted molar refractivity (Wildman–Crippen MR) is 78.9 cm³/mol. The highest BCUT2D eigenvalue weighted by Gasteiger charge is 2.29. The van der Waals surface area contributed by atoms with Crippen molar-refractivity contribution in [3.63, 3.8) is 0 Å². The van der Waals surface area contributed by atoms with Gasteiger partial charge in [-0.25, -0.2) is 0 Å². The zero-order valence-corrected chi connectivity index (χ0v) is 12.6. The van der Waals surface area contributed by atoms with Crippen molar-refractivity contribution < 1.29 is 0 Å². The molecule has 18 heavy (non-hydrogen) atoms. The third kappa shape index (κ3) is 3.96. The van der Waals surface area contributed by atoms with Crippen molar-refractivity contribution in [2.24, 2.45) is 11.8 Å². The van der Waals surface area contributed by atoms with Crippen molar-refractivity contribution in [2.45, 2.75) is 71.4 Å². The molecule has 2 aliphatic rings. The summed E-state index contributed by atoms with van der Waals surface area (Å²) >= 11 is 0. The van der Waals surface area contributed by atoms with Gasteiger partial charge in [0.05, 0.1) is 0 Å².